The molecule has 3 aromatic carbocycles. The van der Waals surface area contributed by atoms with Gasteiger partial charge in [0.15, 0.2) is 5.65 Å². The average Bonchev–Trinajstić information content (AvgIpc) is 3.58. The molecule has 1 unspecified atom stereocenters. The van der Waals surface area contributed by atoms with Crippen LogP contribution in [-0.2, 0) is 44.6 Å². The van der Waals surface area contributed by atoms with Gasteiger partial charge in [0.25, 0.3) is 5.79 Å². The van der Waals surface area contributed by atoms with Gasteiger partial charge in [-0.15, -0.1) is 5.10 Å². The highest BCUT2D eigenvalue weighted by atomic mass is 16.7. The van der Waals surface area contributed by atoms with Gasteiger partial charge in [-0.1, -0.05) is 91.0 Å². The molecule has 1 N–H and O–H groups in total. The van der Waals surface area contributed by atoms with E-state index >= 15 is 0 Å². The predicted octanol–water partition coefficient (Wildman–Crippen LogP) is 4.06. The van der Waals surface area contributed by atoms with Crippen molar-refractivity contribution in [3.63, 3.8) is 0 Å². The summed E-state index contributed by atoms with van der Waals surface area (Å²) < 4.78 is 26.7. The van der Waals surface area contributed by atoms with Crippen LogP contribution in [0.4, 0.5) is 0 Å². The monoisotopic (exact) mass is 538 g/mol. The number of aromatic nitrogens is 4. The van der Waals surface area contributed by atoms with Crippen molar-refractivity contribution in [2.75, 3.05) is 6.61 Å². The summed E-state index contributed by atoms with van der Waals surface area (Å²) in [4.78, 5) is 8.61. The lowest BCUT2D eigenvalue weighted by Gasteiger charge is -2.29. The zero-order chi connectivity index (χ0) is 27.2. The summed E-state index contributed by atoms with van der Waals surface area (Å²) >= 11 is 0. The van der Waals surface area contributed by atoms with E-state index in [1.54, 1.807) is 12.4 Å². The maximum Gasteiger partial charge on any atom is 0.260 e. The summed E-state index contributed by atoms with van der Waals surface area (Å²) in [6, 6.07) is 29.5. The second kappa shape index (κ2) is 12.0. The van der Waals surface area contributed by atoms with Crippen molar-refractivity contribution in [2.45, 2.75) is 43.9 Å². The first-order valence-electron chi connectivity index (χ1n) is 13.2. The first kappa shape index (κ1) is 26.2. The Balaban J connectivity index is 1.30. The topological polar surface area (TPSA) is 100 Å². The molecular weight excluding hydrogens is 508 g/mol. The molecule has 204 valence electrons. The van der Waals surface area contributed by atoms with Crippen LogP contribution in [-0.4, -0.2) is 49.6 Å². The van der Waals surface area contributed by atoms with E-state index in [0.717, 1.165) is 16.7 Å². The fourth-order valence-electron chi connectivity index (χ4n) is 4.78. The van der Waals surface area contributed by atoms with Crippen molar-refractivity contribution in [3.8, 4) is 0 Å². The highest BCUT2D eigenvalue weighted by molar-refractivity contribution is 5.33. The van der Waals surface area contributed by atoms with Crippen LogP contribution in [0.3, 0.4) is 0 Å². The van der Waals surface area contributed by atoms with Gasteiger partial charge in [0, 0.05) is 12.4 Å². The summed E-state index contributed by atoms with van der Waals surface area (Å²) in [6.07, 6.45) is 2.53. The van der Waals surface area contributed by atoms with Gasteiger partial charge in [-0.2, -0.15) is 0 Å². The Kier molecular flexibility index (Phi) is 7.90. The summed E-state index contributed by atoms with van der Waals surface area (Å²) in [7, 11) is 0. The number of ether oxygens (including phenoxy) is 4. The predicted molar refractivity (Wildman–Crippen MR) is 146 cm³/mol. The van der Waals surface area contributed by atoms with Crippen molar-refractivity contribution in [1.82, 2.24) is 19.6 Å². The minimum Gasteiger partial charge on any atom is -0.374 e. The summed E-state index contributed by atoms with van der Waals surface area (Å²) in [5, 5.41) is 16.6. The number of hydrogen-bond donors (Lipinski definition) is 1. The van der Waals surface area contributed by atoms with Gasteiger partial charge < -0.3 is 24.1 Å². The number of benzene rings is 3. The minimum absolute atomic E-state index is 0.0509. The molecule has 1 saturated heterocycles. The van der Waals surface area contributed by atoms with Gasteiger partial charge in [-0.05, 0) is 16.7 Å². The molecule has 0 spiro atoms. The summed E-state index contributed by atoms with van der Waals surface area (Å²) in [5.41, 5.74) is 3.51. The normalized spacial score (nSPS) is 22.6. The Morgan fingerprint density at radius 3 is 2.02 bits per heavy atom. The maximum atomic E-state index is 12.1. The van der Waals surface area contributed by atoms with E-state index in [1.165, 1.54) is 10.7 Å². The van der Waals surface area contributed by atoms with Crippen molar-refractivity contribution < 1.29 is 24.1 Å². The van der Waals surface area contributed by atoms with Crippen molar-refractivity contribution in [3.05, 3.63) is 132 Å². The van der Waals surface area contributed by atoms with Crippen LogP contribution in [0.1, 0.15) is 22.5 Å². The van der Waals surface area contributed by atoms with Crippen LogP contribution < -0.4 is 0 Å². The van der Waals surface area contributed by atoms with Gasteiger partial charge >= 0.3 is 0 Å². The van der Waals surface area contributed by atoms with E-state index < -0.39 is 24.1 Å². The lowest BCUT2D eigenvalue weighted by atomic mass is 10.0. The number of imidazole rings is 1. The number of fused-ring (bicyclic) bond motifs is 1. The molecule has 0 radical (unpaired) electrons. The van der Waals surface area contributed by atoms with Crippen LogP contribution in [0.15, 0.2) is 110 Å². The molecule has 1 aliphatic heterocycles. The van der Waals surface area contributed by atoms with Gasteiger partial charge in [0.05, 0.1) is 32.6 Å². The van der Waals surface area contributed by atoms with Crippen LogP contribution in [0.25, 0.3) is 5.65 Å². The second-order valence-corrected chi connectivity index (χ2v) is 9.64. The largest absolute Gasteiger partial charge is 0.374 e. The third-order valence-corrected chi connectivity index (χ3v) is 6.81. The minimum atomic E-state index is -2.00. The molecule has 6 rings (SSSR count). The summed E-state index contributed by atoms with van der Waals surface area (Å²) in [6.45, 7) is 1.08. The first-order chi connectivity index (χ1) is 19.7. The molecule has 0 amide bonds. The average molecular weight is 539 g/mol. The highest BCUT2D eigenvalue weighted by Gasteiger charge is 2.59. The van der Waals surface area contributed by atoms with E-state index in [1.807, 2.05) is 91.0 Å². The van der Waals surface area contributed by atoms with Crippen molar-refractivity contribution >= 4 is 5.65 Å². The molecular formula is C31H30N4O5. The third kappa shape index (κ3) is 5.79. The van der Waals surface area contributed by atoms with Crippen molar-refractivity contribution in [1.29, 1.82) is 0 Å². The number of aliphatic hydroxyl groups is 1. The van der Waals surface area contributed by atoms with E-state index in [-0.39, 0.29) is 19.0 Å². The van der Waals surface area contributed by atoms with E-state index in [0.29, 0.717) is 18.9 Å². The van der Waals surface area contributed by atoms with Gasteiger partial charge in [-0.25, -0.2) is 14.5 Å². The number of nitrogens with zero attached hydrogens (tertiary/aromatic N) is 4. The maximum absolute atomic E-state index is 12.1. The van der Waals surface area contributed by atoms with Crippen LogP contribution in [0.5, 0.6) is 0 Å². The molecule has 5 aromatic rings. The molecule has 0 aliphatic carbocycles. The molecule has 1 aliphatic rings. The molecule has 9 nitrogen and oxygen atoms in total. The number of hydrogen-bond acceptors (Lipinski definition) is 8. The molecule has 4 atom stereocenters. The van der Waals surface area contributed by atoms with Crippen molar-refractivity contribution in [2.24, 2.45) is 0 Å². The van der Waals surface area contributed by atoms with Crippen LogP contribution in [0, 0.1) is 0 Å². The smallest absolute Gasteiger partial charge is 0.260 e. The fourth-order valence-corrected chi connectivity index (χ4v) is 4.78. The van der Waals surface area contributed by atoms with Crippen LogP contribution >= 0.6 is 0 Å². The quantitative estimate of drug-likeness (QED) is 0.269. The van der Waals surface area contributed by atoms with Gasteiger partial charge in [-0.3, -0.25) is 0 Å². The van der Waals surface area contributed by atoms with Crippen LogP contribution in [0.2, 0.25) is 0 Å². The zero-order valence-corrected chi connectivity index (χ0v) is 21.8. The molecule has 0 saturated carbocycles. The molecule has 1 fully saturated rings. The molecule has 3 heterocycles. The summed E-state index contributed by atoms with van der Waals surface area (Å²) in [5.74, 6) is -1.95. The highest BCUT2D eigenvalue weighted by Crippen LogP contribution is 2.40. The Bertz CT molecular complexity index is 1500. The van der Waals surface area contributed by atoms with Gasteiger partial charge in [0.1, 0.15) is 18.3 Å². The Morgan fingerprint density at radius 2 is 1.38 bits per heavy atom. The Hall–Kier alpha value is -3.99. The molecule has 40 heavy (non-hydrogen) atoms. The Labute approximate surface area is 232 Å². The SMILES string of the molecule is OC1(c2ncc3nccn3n2)O[C@H](COCc2ccccc2)[C@@H](OCc2ccccc2)[C@H]1OCc1ccccc1. The zero-order valence-electron chi connectivity index (χ0n) is 21.8. The lowest BCUT2D eigenvalue weighted by molar-refractivity contribution is -0.258. The third-order valence-electron chi connectivity index (χ3n) is 6.81. The van der Waals surface area contributed by atoms with Gasteiger partial charge in [0.2, 0.25) is 5.82 Å². The van der Waals surface area contributed by atoms with E-state index in [4.69, 9.17) is 18.9 Å². The molecule has 9 heteroatoms. The van der Waals surface area contributed by atoms with E-state index in [9.17, 15) is 5.11 Å². The standard InChI is InChI=1S/C31H30N4O5/c36-31(30-33-18-27-32-16-17-35(27)34-30)29(39-21-25-14-8-3-9-15-25)28(38-20-24-12-6-2-7-13-24)26(40-31)22-37-19-23-10-4-1-5-11-23/h1-18,26,28-29,36H,19-22H2/t26-,28-,29-,31?/m1/s1. The molecule has 2 aromatic heterocycles. The number of rotatable bonds is 11. The second-order valence-electron chi connectivity index (χ2n) is 9.64. The molecule has 0 bridgehead atoms. The first-order valence-corrected chi connectivity index (χ1v) is 13.2. The fraction of sp³-hybridized carbons (Fsp3) is 0.258. The Morgan fingerprint density at radius 1 is 0.775 bits per heavy atom. The lowest BCUT2D eigenvalue weighted by Crippen LogP contribution is -2.45. The van der Waals surface area contributed by atoms with E-state index in [2.05, 4.69) is 15.1 Å².